The third-order valence-corrected chi connectivity index (χ3v) is 5.26. The molecule has 6 heteroatoms. The molecule has 0 radical (unpaired) electrons. The van der Waals surface area contributed by atoms with E-state index in [9.17, 15) is 9.18 Å². The monoisotopic (exact) mass is 341 g/mol. The fourth-order valence-electron chi connectivity index (χ4n) is 3.33. The summed E-state index contributed by atoms with van der Waals surface area (Å²) >= 11 is 1.58. The van der Waals surface area contributed by atoms with Crippen molar-refractivity contribution in [2.75, 3.05) is 6.54 Å². The molecule has 122 valence electrons. The van der Waals surface area contributed by atoms with Crippen molar-refractivity contribution in [3.63, 3.8) is 0 Å². The number of aryl methyl sites for hydroxylation is 1. The molecule has 0 spiro atoms. The highest BCUT2D eigenvalue weighted by atomic mass is 32.1. The van der Waals surface area contributed by atoms with Crippen LogP contribution in [0.4, 0.5) is 4.39 Å². The number of aromatic nitrogens is 2. The normalized spacial score (nSPS) is 17.6. The number of rotatable bonds is 2. The van der Waals surface area contributed by atoms with E-state index in [1.165, 1.54) is 12.1 Å². The van der Waals surface area contributed by atoms with Crippen molar-refractivity contribution in [3.8, 4) is 0 Å². The smallest absolute Gasteiger partial charge is 0.255 e. The SMILES string of the molecule is Cc1cc(C(=O)N2CCC[C@H]2c2nccs2)c2ccc(F)cc2n1. The number of nitrogens with zero attached hydrogens (tertiary/aromatic N) is 3. The topological polar surface area (TPSA) is 46.1 Å². The van der Waals surface area contributed by atoms with Crippen molar-refractivity contribution in [1.29, 1.82) is 0 Å². The van der Waals surface area contributed by atoms with E-state index in [1.54, 1.807) is 29.7 Å². The van der Waals surface area contributed by atoms with E-state index in [0.717, 1.165) is 17.8 Å². The highest BCUT2D eigenvalue weighted by Crippen LogP contribution is 2.35. The number of pyridine rings is 1. The van der Waals surface area contributed by atoms with Gasteiger partial charge in [0.05, 0.1) is 17.1 Å². The average Bonchev–Trinajstić information content (AvgIpc) is 3.23. The first-order chi connectivity index (χ1) is 11.6. The van der Waals surface area contributed by atoms with Gasteiger partial charge < -0.3 is 4.90 Å². The Kier molecular flexibility index (Phi) is 3.76. The van der Waals surface area contributed by atoms with Crippen molar-refractivity contribution in [3.05, 3.63) is 57.9 Å². The summed E-state index contributed by atoms with van der Waals surface area (Å²) in [5.41, 5.74) is 1.81. The maximum Gasteiger partial charge on any atom is 0.255 e. The molecular formula is C18H16FN3OS. The molecular weight excluding hydrogens is 325 g/mol. The Balaban J connectivity index is 1.78. The van der Waals surface area contributed by atoms with Gasteiger partial charge in [0.15, 0.2) is 0 Å². The minimum atomic E-state index is -0.346. The van der Waals surface area contributed by atoms with Crippen LogP contribution in [0.1, 0.15) is 39.9 Å². The summed E-state index contributed by atoms with van der Waals surface area (Å²) in [5.74, 6) is -0.379. The van der Waals surface area contributed by atoms with Crippen LogP contribution >= 0.6 is 11.3 Å². The quantitative estimate of drug-likeness (QED) is 0.704. The van der Waals surface area contributed by atoms with E-state index in [1.807, 2.05) is 17.2 Å². The summed E-state index contributed by atoms with van der Waals surface area (Å²) in [7, 11) is 0. The Morgan fingerprint density at radius 2 is 2.25 bits per heavy atom. The number of hydrogen-bond acceptors (Lipinski definition) is 4. The predicted octanol–water partition coefficient (Wildman–Crippen LogP) is 4.12. The van der Waals surface area contributed by atoms with Crippen LogP contribution in [0.2, 0.25) is 0 Å². The first kappa shape index (κ1) is 15.2. The summed E-state index contributed by atoms with van der Waals surface area (Å²) in [6, 6.07) is 6.21. The lowest BCUT2D eigenvalue weighted by Gasteiger charge is -2.24. The van der Waals surface area contributed by atoms with E-state index in [0.29, 0.717) is 28.7 Å². The number of likely N-dealkylation sites (tertiary alicyclic amines) is 1. The number of carbonyl (C=O) groups excluding carboxylic acids is 1. The molecule has 1 fully saturated rings. The molecule has 4 nitrogen and oxygen atoms in total. The Hall–Kier alpha value is -2.34. The number of hydrogen-bond donors (Lipinski definition) is 0. The van der Waals surface area contributed by atoms with Crippen LogP contribution in [-0.4, -0.2) is 27.3 Å². The lowest BCUT2D eigenvalue weighted by atomic mass is 10.1. The van der Waals surface area contributed by atoms with Crippen LogP contribution in [0.25, 0.3) is 10.9 Å². The number of fused-ring (bicyclic) bond motifs is 1. The first-order valence-electron chi connectivity index (χ1n) is 7.91. The van der Waals surface area contributed by atoms with Gasteiger partial charge in [-0.05, 0) is 38.0 Å². The number of carbonyl (C=O) groups is 1. The molecule has 1 aliphatic rings. The van der Waals surface area contributed by atoms with E-state index in [2.05, 4.69) is 9.97 Å². The minimum absolute atomic E-state index is 0.0291. The molecule has 3 aromatic rings. The number of benzene rings is 1. The molecule has 0 unspecified atom stereocenters. The fraction of sp³-hybridized carbons (Fsp3) is 0.278. The molecule has 0 N–H and O–H groups in total. The lowest BCUT2D eigenvalue weighted by molar-refractivity contribution is 0.0737. The molecule has 4 rings (SSSR count). The lowest BCUT2D eigenvalue weighted by Crippen LogP contribution is -2.30. The molecule has 24 heavy (non-hydrogen) atoms. The highest BCUT2D eigenvalue weighted by Gasteiger charge is 2.33. The van der Waals surface area contributed by atoms with Gasteiger partial charge in [0.1, 0.15) is 10.8 Å². The van der Waals surface area contributed by atoms with Crippen LogP contribution in [0, 0.1) is 12.7 Å². The summed E-state index contributed by atoms with van der Waals surface area (Å²) in [6.07, 6.45) is 3.66. The summed E-state index contributed by atoms with van der Waals surface area (Å²) in [6.45, 7) is 2.54. The van der Waals surface area contributed by atoms with Gasteiger partial charge in [-0.1, -0.05) is 0 Å². The van der Waals surface area contributed by atoms with Crippen molar-refractivity contribution in [1.82, 2.24) is 14.9 Å². The number of thiazole rings is 1. The molecule has 2 aromatic heterocycles. The number of amides is 1. The molecule has 1 saturated heterocycles. The van der Waals surface area contributed by atoms with Gasteiger partial charge in [-0.2, -0.15) is 0 Å². The van der Waals surface area contributed by atoms with Crippen molar-refractivity contribution < 1.29 is 9.18 Å². The summed E-state index contributed by atoms with van der Waals surface area (Å²) < 4.78 is 13.5. The first-order valence-corrected chi connectivity index (χ1v) is 8.79. The molecule has 3 heterocycles. The molecule has 0 saturated carbocycles. The molecule has 1 atom stereocenters. The molecule has 0 aliphatic carbocycles. The third kappa shape index (κ3) is 2.57. The van der Waals surface area contributed by atoms with Crippen LogP contribution in [0.3, 0.4) is 0 Å². The van der Waals surface area contributed by atoms with E-state index in [4.69, 9.17) is 0 Å². The Labute approximate surface area is 143 Å². The largest absolute Gasteiger partial charge is 0.329 e. The van der Waals surface area contributed by atoms with Gasteiger partial charge in [-0.25, -0.2) is 9.37 Å². The van der Waals surface area contributed by atoms with E-state index in [-0.39, 0.29) is 17.8 Å². The van der Waals surface area contributed by atoms with Gasteiger partial charge in [0.25, 0.3) is 5.91 Å². The van der Waals surface area contributed by atoms with E-state index >= 15 is 0 Å². The van der Waals surface area contributed by atoms with E-state index < -0.39 is 0 Å². The molecule has 1 amide bonds. The Morgan fingerprint density at radius 1 is 1.38 bits per heavy atom. The fourth-order valence-corrected chi connectivity index (χ4v) is 4.12. The van der Waals surface area contributed by atoms with Gasteiger partial charge in [0.2, 0.25) is 0 Å². The van der Waals surface area contributed by atoms with Crippen LogP contribution in [0.5, 0.6) is 0 Å². The molecule has 0 bridgehead atoms. The summed E-state index contributed by atoms with van der Waals surface area (Å²) in [5, 5.41) is 3.60. The Bertz CT molecular complexity index is 905. The molecule has 1 aromatic carbocycles. The van der Waals surface area contributed by atoms with Crippen LogP contribution in [-0.2, 0) is 0 Å². The maximum atomic E-state index is 13.5. The predicted molar refractivity (Wildman–Crippen MR) is 91.6 cm³/mol. The maximum absolute atomic E-state index is 13.5. The standard InChI is InChI=1S/C18H16FN3OS/c1-11-9-14(13-5-4-12(19)10-15(13)21-11)18(23)22-7-2-3-16(22)17-20-6-8-24-17/h4-6,8-10,16H,2-3,7H2,1H3/t16-/m0/s1. The highest BCUT2D eigenvalue weighted by molar-refractivity contribution is 7.09. The van der Waals surface area contributed by atoms with Gasteiger partial charge >= 0.3 is 0 Å². The minimum Gasteiger partial charge on any atom is -0.329 e. The second-order valence-corrected chi connectivity index (χ2v) is 6.93. The van der Waals surface area contributed by atoms with Crippen LogP contribution < -0.4 is 0 Å². The van der Waals surface area contributed by atoms with Crippen molar-refractivity contribution >= 4 is 28.1 Å². The van der Waals surface area contributed by atoms with Gasteiger partial charge in [-0.3, -0.25) is 9.78 Å². The second kappa shape index (κ2) is 5.94. The zero-order valence-corrected chi connectivity index (χ0v) is 14.0. The average molecular weight is 341 g/mol. The number of halogens is 1. The zero-order chi connectivity index (χ0) is 16.7. The van der Waals surface area contributed by atoms with Gasteiger partial charge in [-0.15, -0.1) is 11.3 Å². The van der Waals surface area contributed by atoms with Crippen molar-refractivity contribution in [2.24, 2.45) is 0 Å². The van der Waals surface area contributed by atoms with Crippen molar-refractivity contribution in [2.45, 2.75) is 25.8 Å². The molecule has 1 aliphatic heterocycles. The summed E-state index contributed by atoms with van der Waals surface area (Å²) in [4.78, 5) is 23.8. The third-order valence-electron chi connectivity index (χ3n) is 4.38. The van der Waals surface area contributed by atoms with Crippen LogP contribution in [0.15, 0.2) is 35.8 Å². The van der Waals surface area contributed by atoms with Gasteiger partial charge in [0, 0.05) is 35.3 Å². The zero-order valence-electron chi connectivity index (χ0n) is 13.2. The second-order valence-electron chi connectivity index (χ2n) is 6.00. The Morgan fingerprint density at radius 3 is 3.04 bits per heavy atom.